The molecular weight excluding hydrogens is 554 g/mol. The zero-order chi connectivity index (χ0) is 30.3. The number of ether oxygens (including phenoxy) is 3. The molecule has 0 saturated carbocycles. The van der Waals surface area contributed by atoms with Crippen LogP contribution in [0.3, 0.4) is 0 Å². The number of nitrogens with one attached hydrogen (secondary N) is 2. The number of aryl methyl sites for hydroxylation is 1. The van der Waals surface area contributed by atoms with E-state index in [1.807, 2.05) is 0 Å². The number of amides is 1. The van der Waals surface area contributed by atoms with Crippen molar-refractivity contribution in [2.45, 2.75) is 58.8 Å². The number of hydrogen-bond acceptors (Lipinski definition) is 10. The van der Waals surface area contributed by atoms with Gasteiger partial charge >= 0.3 is 17.9 Å². The molecule has 2 heterocycles. The summed E-state index contributed by atoms with van der Waals surface area (Å²) in [6.07, 6.45) is 2.45. The van der Waals surface area contributed by atoms with Crippen LogP contribution in [0.4, 0.5) is 5.69 Å². The van der Waals surface area contributed by atoms with Gasteiger partial charge in [0.25, 0.3) is 5.91 Å². The highest BCUT2D eigenvalue weighted by molar-refractivity contribution is 7.89. The van der Waals surface area contributed by atoms with Crippen molar-refractivity contribution in [3.05, 3.63) is 46.3 Å². The molecule has 0 aromatic heterocycles. The first-order chi connectivity index (χ1) is 19.4. The first kappa shape index (κ1) is 31.8. The van der Waals surface area contributed by atoms with E-state index in [1.54, 1.807) is 40.7 Å². The van der Waals surface area contributed by atoms with Crippen molar-refractivity contribution in [3.8, 4) is 0 Å². The molecule has 0 bridgehead atoms. The number of piperidine rings is 1. The highest BCUT2D eigenvalue weighted by Crippen LogP contribution is 2.33. The second-order valence-corrected chi connectivity index (χ2v) is 11.6. The normalized spacial score (nSPS) is 16.6. The fraction of sp³-hybridized carbons (Fsp3) is 0.500. The van der Waals surface area contributed by atoms with Gasteiger partial charge in [-0.15, -0.1) is 0 Å². The van der Waals surface area contributed by atoms with Gasteiger partial charge in [0.15, 0.2) is 6.61 Å². The van der Waals surface area contributed by atoms with Gasteiger partial charge in [-0.1, -0.05) is 12.5 Å². The van der Waals surface area contributed by atoms with E-state index in [0.717, 1.165) is 19.3 Å². The van der Waals surface area contributed by atoms with Crippen LogP contribution >= 0.6 is 0 Å². The minimum atomic E-state index is -3.88. The van der Waals surface area contributed by atoms with Crippen molar-refractivity contribution < 1.29 is 41.8 Å². The van der Waals surface area contributed by atoms with Gasteiger partial charge in [-0.2, -0.15) is 4.31 Å². The summed E-state index contributed by atoms with van der Waals surface area (Å²) in [4.78, 5) is 51.7. The average Bonchev–Trinajstić information content (AvgIpc) is 2.92. The summed E-state index contributed by atoms with van der Waals surface area (Å²) >= 11 is 0. The maximum Gasteiger partial charge on any atom is 0.337 e. The molecule has 224 valence electrons. The summed E-state index contributed by atoms with van der Waals surface area (Å²) in [5.74, 6) is -5.01. The van der Waals surface area contributed by atoms with E-state index < -0.39 is 46.4 Å². The molecule has 2 aliphatic heterocycles. The predicted octanol–water partition coefficient (Wildman–Crippen LogP) is 2.54. The number of carbonyl (C=O) groups is 4. The monoisotopic (exact) mass is 591 g/mol. The lowest BCUT2D eigenvalue weighted by Crippen LogP contribution is -2.39. The van der Waals surface area contributed by atoms with Crippen molar-refractivity contribution in [1.29, 1.82) is 0 Å². The molecule has 0 atom stereocenters. The first-order valence-electron chi connectivity index (χ1n) is 13.5. The predicted molar refractivity (Wildman–Crippen MR) is 149 cm³/mol. The van der Waals surface area contributed by atoms with E-state index in [0.29, 0.717) is 18.7 Å². The summed E-state index contributed by atoms with van der Waals surface area (Å²) in [5.41, 5.74) is 1.03. The Morgan fingerprint density at radius 3 is 2.00 bits per heavy atom. The Balaban J connectivity index is 1.83. The Labute approximate surface area is 240 Å². The molecular formula is C28H37N3O9S. The Morgan fingerprint density at radius 2 is 1.46 bits per heavy atom. The molecule has 0 aliphatic carbocycles. The van der Waals surface area contributed by atoms with Gasteiger partial charge in [0.1, 0.15) is 10.8 Å². The number of dihydropyridines is 1. The van der Waals surface area contributed by atoms with Gasteiger partial charge < -0.3 is 24.8 Å². The molecule has 12 nitrogen and oxygen atoms in total. The minimum absolute atomic E-state index is 0.0242. The Bertz CT molecular complexity index is 1340. The van der Waals surface area contributed by atoms with Gasteiger partial charge in [-0.25, -0.2) is 18.0 Å². The number of benzene rings is 1. The molecule has 1 fully saturated rings. The average molecular weight is 592 g/mol. The van der Waals surface area contributed by atoms with E-state index in [2.05, 4.69) is 10.6 Å². The maximum atomic E-state index is 13.4. The smallest absolute Gasteiger partial charge is 0.337 e. The molecule has 1 amide bonds. The highest BCUT2D eigenvalue weighted by atomic mass is 32.2. The van der Waals surface area contributed by atoms with Crippen LogP contribution < -0.4 is 10.6 Å². The second kappa shape index (κ2) is 13.8. The zero-order valence-electron chi connectivity index (χ0n) is 24.0. The highest BCUT2D eigenvalue weighted by Gasteiger charge is 2.42. The van der Waals surface area contributed by atoms with E-state index in [9.17, 15) is 27.6 Å². The third-order valence-corrected chi connectivity index (χ3v) is 8.61. The van der Waals surface area contributed by atoms with Crippen molar-refractivity contribution in [2.75, 3.05) is 38.2 Å². The Hall–Kier alpha value is -3.71. The molecule has 1 aromatic carbocycles. The van der Waals surface area contributed by atoms with Gasteiger partial charge in [0, 0.05) is 24.5 Å². The van der Waals surface area contributed by atoms with Gasteiger partial charge in [0.05, 0.1) is 30.0 Å². The number of nitrogens with zero attached hydrogens (tertiary/aromatic N) is 1. The van der Waals surface area contributed by atoms with Crippen LogP contribution in [0.25, 0.3) is 0 Å². The van der Waals surface area contributed by atoms with Crippen LogP contribution in [-0.4, -0.2) is 69.4 Å². The topological polar surface area (TPSA) is 157 Å². The fourth-order valence-corrected chi connectivity index (χ4v) is 6.53. The van der Waals surface area contributed by atoms with E-state index >= 15 is 0 Å². The van der Waals surface area contributed by atoms with Crippen molar-refractivity contribution >= 4 is 39.5 Å². The SMILES string of the molecule is CCOC(=O)C1=C(C)NC(C)=C(C(=O)OCC)C1C(=O)OCC(=O)Nc1ccc(C)cc1S(=O)(=O)N1CCCCC1. The lowest BCUT2D eigenvalue weighted by molar-refractivity contribution is -0.153. The number of sulfonamides is 1. The number of esters is 3. The van der Waals surface area contributed by atoms with Crippen LogP contribution in [0.2, 0.25) is 0 Å². The molecule has 2 aliphatic rings. The standard InChI is InChI=1S/C28H37N3O9S/c1-6-38-26(33)23-18(4)29-19(5)24(27(34)39-7-2)25(23)28(35)40-16-22(32)30-20-12-11-17(3)15-21(20)41(36,37)31-13-9-8-10-14-31/h11-12,15,25,29H,6-10,13-14,16H2,1-5H3,(H,30,32). The van der Waals surface area contributed by atoms with Gasteiger partial charge in [0.2, 0.25) is 10.0 Å². The molecule has 1 saturated heterocycles. The number of rotatable bonds is 10. The van der Waals surface area contributed by atoms with Crippen molar-refractivity contribution in [3.63, 3.8) is 0 Å². The van der Waals surface area contributed by atoms with Gasteiger partial charge in [-0.05, 0) is 65.2 Å². The Morgan fingerprint density at radius 1 is 0.902 bits per heavy atom. The Kier molecular flexibility index (Phi) is 10.7. The van der Waals surface area contributed by atoms with E-state index in [4.69, 9.17) is 14.2 Å². The van der Waals surface area contributed by atoms with Crippen LogP contribution in [0.5, 0.6) is 0 Å². The minimum Gasteiger partial charge on any atom is -0.463 e. The van der Waals surface area contributed by atoms with Crippen LogP contribution in [-0.2, 0) is 43.4 Å². The van der Waals surface area contributed by atoms with Gasteiger partial charge in [-0.3, -0.25) is 9.59 Å². The number of allylic oxidation sites excluding steroid dienone is 2. The molecule has 0 unspecified atom stereocenters. The third-order valence-electron chi connectivity index (χ3n) is 6.68. The summed E-state index contributed by atoms with van der Waals surface area (Å²) in [6.45, 7) is 8.07. The summed E-state index contributed by atoms with van der Waals surface area (Å²) in [5, 5.41) is 5.43. The van der Waals surface area contributed by atoms with E-state index in [-0.39, 0.29) is 46.3 Å². The molecule has 0 radical (unpaired) electrons. The van der Waals surface area contributed by atoms with Crippen LogP contribution in [0, 0.1) is 12.8 Å². The molecule has 13 heteroatoms. The first-order valence-corrected chi connectivity index (χ1v) is 15.0. The fourth-order valence-electron chi connectivity index (χ4n) is 4.79. The molecule has 0 spiro atoms. The summed E-state index contributed by atoms with van der Waals surface area (Å²) in [6, 6.07) is 4.62. The lowest BCUT2D eigenvalue weighted by Gasteiger charge is -2.28. The molecule has 1 aromatic rings. The zero-order valence-corrected chi connectivity index (χ0v) is 24.8. The third kappa shape index (κ3) is 7.33. The second-order valence-electron chi connectivity index (χ2n) is 9.70. The lowest BCUT2D eigenvalue weighted by atomic mass is 9.85. The van der Waals surface area contributed by atoms with Crippen LogP contribution in [0.15, 0.2) is 45.6 Å². The molecule has 41 heavy (non-hydrogen) atoms. The molecule has 3 rings (SSSR count). The number of carbonyl (C=O) groups excluding carboxylic acids is 4. The van der Waals surface area contributed by atoms with Crippen LogP contribution in [0.1, 0.15) is 52.5 Å². The maximum absolute atomic E-state index is 13.4. The summed E-state index contributed by atoms with van der Waals surface area (Å²) in [7, 11) is -3.88. The number of anilines is 1. The summed E-state index contributed by atoms with van der Waals surface area (Å²) < 4.78 is 43.6. The largest absolute Gasteiger partial charge is 0.463 e. The molecule has 2 N–H and O–H groups in total. The number of hydrogen-bond donors (Lipinski definition) is 2. The van der Waals surface area contributed by atoms with E-state index in [1.165, 1.54) is 16.4 Å². The van der Waals surface area contributed by atoms with Crippen molar-refractivity contribution in [1.82, 2.24) is 9.62 Å². The quantitative estimate of drug-likeness (QED) is 0.306. The van der Waals surface area contributed by atoms with Crippen molar-refractivity contribution in [2.24, 2.45) is 5.92 Å².